The van der Waals surface area contributed by atoms with Crippen LogP contribution in [0.25, 0.3) is 0 Å². The van der Waals surface area contributed by atoms with Crippen molar-refractivity contribution in [1.82, 2.24) is 14.3 Å². The second-order valence-electron chi connectivity index (χ2n) is 10.1. The van der Waals surface area contributed by atoms with Gasteiger partial charge in [0, 0.05) is 24.8 Å². The molecule has 7 nitrogen and oxygen atoms in total. The number of rotatable bonds is 5. The van der Waals surface area contributed by atoms with Gasteiger partial charge in [0.15, 0.2) is 5.95 Å². The second-order valence-corrected chi connectivity index (χ2v) is 12.1. The van der Waals surface area contributed by atoms with Gasteiger partial charge in [-0.15, -0.1) is 0 Å². The van der Waals surface area contributed by atoms with Crippen LogP contribution < -0.4 is 10.6 Å². The van der Waals surface area contributed by atoms with Crippen molar-refractivity contribution in [3.63, 3.8) is 0 Å². The number of aromatic nitrogens is 2. The number of aromatic amines is 1. The van der Waals surface area contributed by atoms with Gasteiger partial charge in [-0.1, -0.05) is 12.1 Å². The first-order valence-electron chi connectivity index (χ1n) is 11.3. The number of fused-ring (bicyclic) bond motifs is 1. The SMILES string of the molecule is Nc1ncc(CN2c3cccc(C4CC4)c3CN(S(=O)(=O)C(F)(F)F)C[C@H]2C23CC(C2)C3)[nH]1. The Labute approximate surface area is 190 Å². The summed E-state index contributed by atoms with van der Waals surface area (Å²) in [5, 5.41) is 0. The van der Waals surface area contributed by atoms with E-state index in [1.807, 2.05) is 18.2 Å². The highest BCUT2D eigenvalue weighted by Crippen LogP contribution is 2.68. The zero-order valence-electron chi connectivity index (χ0n) is 18.0. The summed E-state index contributed by atoms with van der Waals surface area (Å²) in [4.78, 5) is 9.22. The Kier molecular flexibility index (Phi) is 4.43. The third-order valence-corrected chi connectivity index (χ3v) is 9.56. The Morgan fingerprint density at radius 1 is 1.21 bits per heavy atom. The van der Waals surface area contributed by atoms with Crippen LogP contribution in [-0.2, 0) is 23.1 Å². The lowest BCUT2D eigenvalue weighted by Crippen LogP contribution is -2.66. The molecule has 33 heavy (non-hydrogen) atoms. The lowest BCUT2D eigenvalue weighted by molar-refractivity contribution is -0.129. The van der Waals surface area contributed by atoms with E-state index in [1.54, 1.807) is 6.20 Å². The number of H-pyrrole nitrogens is 1. The lowest BCUT2D eigenvalue weighted by Gasteiger charge is -2.67. The number of nitrogen functional groups attached to an aromatic ring is 1. The predicted octanol–water partition coefficient (Wildman–Crippen LogP) is 3.71. The van der Waals surface area contributed by atoms with Gasteiger partial charge in [-0.2, -0.15) is 17.5 Å². The second kappa shape index (κ2) is 6.88. The van der Waals surface area contributed by atoms with E-state index in [0.29, 0.717) is 22.3 Å². The smallest absolute Gasteiger partial charge is 0.369 e. The van der Waals surface area contributed by atoms with Crippen molar-refractivity contribution in [1.29, 1.82) is 0 Å². The highest BCUT2D eigenvalue weighted by molar-refractivity contribution is 7.89. The average molecular weight is 482 g/mol. The number of imidazole rings is 1. The van der Waals surface area contributed by atoms with E-state index in [-0.39, 0.29) is 36.4 Å². The molecule has 4 saturated carbocycles. The minimum Gasteiger partial charge on any atom is -0.369 e. The Bertz CT molecular complexity index is 1190. The molecule has 7 rings (SSSR count). The van der Waals surface area contributed by atoms with E-state index in [4.69, 9.17) is 5.73 Å². The molecule has 4 fully saturated rings. The number of nitrogens with one attached hydrogen (secondary N) is 1. The fourth-order valence-corrected chi connectivity index (χ4v) is 7.08. The summed E-state index contributed by atoms with van der Waals surface area (Å²) in [7, 11) is -5.47. The molecule has 3 N–H and O–H groups in total. The topological polar surface area (TPSA) is 95.3 Å². The Balaban J connectivity index is 1.50. The van der Waals surface area contributed by atoms with Crippen molar-refractivity contribution in [2.45, 2.75) is 62.7 Å². The first-order valence-corrected chi connectivity index (χ1v) is 12.8. The van der Waals surface area contributed by atoms with Gasteiger partial charge >= 0.3 is 15.5 Å². The van der Waals surface area contributed by atoms with Crippen molar-refractivity contribution >= 4 is 21.7 Å². The molecule has 4 aliphatic carbocycles. The molecule has 1 aromatic carbocycles. The average Bonchev–Trinajstić information content (AvgIpc) is 3.45. The zero-order chi connectivity index (χ0) is 23.2. The number of sulfonamides is 1. The van der Waals surface area contributed by atoms with Crippen LogP contribution in [-0.4, -0.2) is 40.8 Å². The van der Waals surface area contributed by atoms with Crippen LogP contribution in [0.15, 0.2) is 24.4 Å². The molecule has 2 heterocycles. The van der Waals surface area contributed by atoms with Crippen molar-refractivity contribution in [3.05, 3.63) is 41.2 Å². The quantitative estimate of drug-likeness (QED) is 0.679. The van der Waals surface area contributed by atoms with Gasteiger partial charge in [0.05, 0.1) is 18.4 Å². The molecule has 11 heteroatoms. The monoisotopic (exact) mass is 481 g/mol. The first-order chi connectivity index (χ1) is 15.6. The minimum absolute atomic E-state index is 0.160. The maximum atomic E-state index is 13.7. The molecular formula is C22H26F3N5O2S. The zero-order valence-corrected chi connectivity index (χ0v) is 18.8. The standard InChI is InChI=1S/C22H26F3N5O2S/c23-22(24,25)33(31,32)29-11-17-16(14-4-5-14)2-1-3-18(17)30(10-15-9-27-20(26)28-15)19(12-29)21-6-13(7-21)8-21/h1-3,9,13-14,19H,4-8,10-12H2,(H3,26,27,28)/t13?,19-,21?/m0/s1. The highest BCUT2D eigenvalue weighted by Gasteiger charge is 2.63. The van der Waals surface area contributed by atoms with Crippen molar-refractivity contribution in [2.75, 3.05) is 17.2 Å². The first kappa shape index (κ1) is 21.3. The summed E-state index contributed by atoms with van der Waals surface area (Å²) in [6.07, 6.45) is 6.35. The normalized spacial score (nSPS) is 29.7. The van der Waals surface area contributed by atoms with E-state index in [2.05, 4.69) is 14.9 Å². The predicted molar refractivity (Wildman–Crippen MR) is 117 cm³/mol. The molecule has 2 aromatic rings. The van der Waals surface area contributed by atoms with Crippen molar-refractivity contribution in [2.24, 2.45) is 11.3 Å². The number of alkyl halides is 3. The Hall–Kier alpha value is -2.27. The molecule has 0 spiro atoms. The third-order valence-electron chi connectivity index (χ3n) is 8.02. The Morgan fingerprint density at radius 3 is 2.48 bits per heavy atom. The van der Waals surface area contributed by atoms with Crippen LogP contribution in [0, 0.1) is 11.3 Å². The van der Waals surface area contributed by atoms with Crippen LogP contribution in [0.2, 0.25) is 0 Å². The largest absolute Gasteiger partial charge is 0.511 e. The van der Waals surface area contributed by atoms with Crippen molar-refractivity contribution in [3.8, 4) is 0 Å². The lowest BCUT2D eigenvalue weighted by atomic mass is 9.41. The maximum absolute atomic E-state index is 13.7. The summed E-state index contributed by atoms with van der Waals surface area (Å²) < 4.78 is 67.1. The number of halogens is 3. The number of anilines is 2. The molecule has 5 aliphatic rings. The van der Waals surface area contributed by atoms with Crippen LogP contribution in [0.1, 0.15) is 54.8 Å². The van der Waals surface area contributed by atoms with Gasteiger partial charge in [-0.3, -0.25) is 0 Å². The fraction of sp³-hybridized carbons (Fsp3) is 0.591. The van der Waals surface area contributed by atoms with E-state index in [0.717, 1.165) is 49.0 Å². The third kappa shape index (κ3) is 3.26. The molecule has 1 atom stereocenters. The van der Waals surface area contributed by atoms with Crippen LogP contribution in [0.3, 0.4) is 0 Å². The Morgan fingerprint density at radius 2 is 1.94 bits per heavy atom. The number of hydrogen-bond acceptors (Lipinski definition) is 5. The van der Waals surface area contributed by atoms with Gasteiger partial charge in [-0.05, 0) is 66.5 Å². The van der Waals surface area contributed by atoms with Gasteiger partial charge in [0.25, 0.3) is 0 Å². The van der Waals surface area contributed by atoms with Crippen molar-refractivity contribution < 1.29 is 21.6 Å². The summed E-state index contributed by atoms with van der Waals surface area (Å²) in [5.41, 5.74) is 3.50. The molecule has 1 aliphatic heterocycles. The van der Waals surface area contributed by atoms with E-state index >= 15 is 0 Å². The molecule has 0 unspecified atom stereocenters. The van der Waals surface area contributed by atoms with E-state index < -0.39 is 15.5 Å². The number of hydrogen-bond donors (Lipinski definition) is 2. The van der Waals surface area contributed by atoms with Gasteiger partial charge in [-0.25, -0.2) is 13.4 Å². The minimum atomic E-state index is -5.47. The fourth-order valence-electron chi connectivity index (χ4n) is 6.15. The van der Waals surface area contributed by atoms with Gasteiger partial charge in [0.1, 0.15) is 0 Å². The van der Waals surface area contributed by atoms with Crippen LogP contribution >= 0.6 is 0 Å². The molecular weight excluding hydrogens is 455 g/mol. The summed E-state index contributed by atoms with van der Waals surface area (Å²) in [6, 6.07) is 5.43. The molecule has 178 valence electrons. The summed E-state index contributed by atoms with van der Waals surface area (Å²) in [5.74, 6) is 1.14. The number of nitrogens with zero attached hydrogens (tertiary/aromatic N) is 3. The van der Waals surface area contributed by atoms with E-state index in [1.165, 1.54) is 0 Å². The van der Waals surface area contributed by atoms with E-state index in [9.17, 15) is 21.6 Å². The molecule has 0 radical (unpaired) electrons. The number of nitrogens with two attached hydrogens (primary N) is 1. The number of benzene rings is 1. The highest BCUT2D eigenvalue weighted by atomic mass is 32.2. The molecule has 0 amide bonds. The summed E-state index contributed by atoms with van der Waals surface area (Å²) in [6.45, 7) is -0.0687. The molecule has 1 aromatic heterocycles. The van der Waals surface area contributed by atoms with Crippen LogP contribution in [0.4, 0.5) is 24.8 Å². The van der Waals surface area contributed by atoms with Crippen LogP contribution in [0.5, 0.6) is 0 Å². The van der Waals surface area contributed by atoms with Gasteiger partial charge in [0.2, 0.25) is 0 Å². The molecule has 0 saturated heterocycles. The summed E-state index contributed by atoms with van der Waals surface area (Å²) >= 11 is 0. The molecule has 2 bridgehead atoms. The van der Waals surface area contributed by atoms with Gasteiger partial charge < -0.3 is 15.6 Å². The maximum Gasteiger partial charge on any atom is 0.511 e.